The monoisotopic (exact) mass is 260 g/mol. The Morgan fingerprint density at radius 2 is 1.78 bits per heavy atom. The summed E-state index contributed by atoms with van der Waals surface area (Å²) in [6.45, 7) is 7.35. The molecule has 0 unspecified atom stereocenters. The minimum atomic E-state index is -1.14. The van der Waals surface area contributed by atoms with E-state index in [2.05, 4.69) is 0 Å². The maximum absolute atomic E-state index is 9.61. The highest BCUT2D eigenvalue weighted by molar-refractivity contribution is 5.03. The molecular formula is C12H20O6. The molecule has 0 aromatic rings. The fourth-order valence-corrected chi connectivity index (χ4v) is 2.96. The Balaban J connectivity index is 1.90. The van der Waals surface area contributed by atoms with Gasteiger partial charge in [0.1, 0.15) is 24.9 Å². The van der Waals surface area contributed by atoms with E-state index in [-0.39, 0.29) is 18.8 Å². The lowest BCUT2D eigenvalue weighted by Crippen LogP contribution is -2.60. The summed E-state index contributed by atoms with van der Waals surface area (Å²) in [6.07, 6.45) is -0.970. The number of hydrogen-bond acceptors (Lipinski definition) is 6. The predicted molar refractivity (Wildman–Crippen MR) is 59.6 cm³/mol. The molecule has 0 aromatic carbocycles. The van der Waals surface area contributed by atoms with Gasteiger partial charge < -0.3 is 28.8 Å². The van der Waals surface area contributed by atoms with Crippen LogP contribution in [0.4, 0.5) is 0 Å². The Kier molecular flexibility index (Phi) is 2.59. The zero-order valence-electron chi connectivity index (χ0n) is 11.1. The van der Waals surface area contributed by atoms with E-state index in [9.17, 15) is 5.11 Å². The van der Waals surface area contributed by atoms with Crippen molar-refractivity contribution >= 4 is 0 Å². The molecule has 4 atom stereocenters. The maximum atomic E-state index is 9.61. The molecule has 6 heteroatoms. The van der Waals surface area contributed by atoms with Gasteiger partial charge in [0.25, 0.3) is 0 Å². The van der Waals surface area contributed by atoms with Gasteiger partial charge in [0, 0.05) is 0 Å². The Morgan fingerprint density at radius 1 is 1.06 bits per heavy atom. The smallest absolute Gasteiger partial charge is 0.224 e. The number of aliphatic hydroxyl groups excluding tert-OH is 1. The van der Waals surface area contributed by atoms with E-state index in [0.717, 1.165) is 0 Å². The van der Waals surface area contributed by atoms with Crippen molar-refractivity contribution < 1.29 is 28.8 Å². The van der Waals surface area contributed by atoms with E-state index >= 15 is 0 Å². The van der Waals surface area contributed by atoms with Gasteiger partial charge in [-0.05, 0) is 27.7 Å². The molecule has 3 aliphatic heterocycles. The molecule has 0 aliphatic carbocycles. The molecule has 6 nitrogen and oxygen atoms in total. The predicted octanol–water partition coefficient (Wildman–Crippen LogP) is 0.377. The minimum Gasteiger partial charge on any atom is -0.391 e. The van der Waals surface area contributed by atoms with Crippen LogP contribution in [0.5, 0.6) is 0 Å². The molecule has 0 bridgehead atoms. The number of hydrogen-bond donors (Lipinski definition) is 1. The van der Waals surface area contributed by atoms with E-state index in [1.54, 1.807) is 13.8 Å². The van der Waals surface area contributed by atoms with Crippen LogP contribution in [0.25, 0.3) is 0 Å². The highest BCUT2D eigenvalue weighted by Crippen LogP contribution is 2.47. The molecule has 3 fully saturated rings. The van der Waals surface area contributed by atoms with Crippen molar-refractivity contribution in [1.29, 1.82) is 0 Å². The van der Waals surface area contributed by atoms with Crippen molar-refractivity contribution in [3.8, 4) is 0 Å². The largest absolute Gasteiger partial charge is 0.391 e. The lowest BCUT2D eigenvalue weighted by atomic mass is 9.98. The van der Waals surface area contributed by atoms with E-state index in [4.69, 9.17) is 23.7 Å². The summed E-state index contributed by atoms with van der Waals surface area (Å²) < 4.78 is 28.9. The lowest BCUT2D eigenvalue weighted by Gasteiger charge is -2.39. The van der Waals surface area contributed by atoms with Crippen LogP contribution in [-0.4, -0.2) is 54.0 Å². The van der Waals surface area contributed by atoms with E-state index in [1.807, 2.05) is 13.8 Å². The van der Waals surface area contributed by atoms with Crippen molar-refractivity contribution in [1.82, 2.24) is 0 Å². The van der Waals surface area contributed by atoms with Gasteiger partial charge in [-0.3, -0.25) is 0 Å². The molecule has 3 heterocycles. The molecule has 0 radical (unpaired) electrons. The highest BCUT2D eigenvalue weighted by Gasteiger charge is 2.65. The van der Waals surface area contributed by atoms with Crippen LogP contribution < -0.4 is 0 Å². The first-order valence-corrected chi connectivity index (χ1v) is 6.25. The lowest BCUT2D eigenvalue weighted by molar-refractivity contribution is -0.294. The van der Waals surface area contributed by atoms with E-state index < -0.39 is 23.5 Å². The molecule has 0 saturated carbocycles. The van der Waals surface area contributed by atoms with Gasteiger partial charge in [-0.1, -0.05) is 0 Å². The SMILES string of the molecule is CC1(C)O[C@H]2[C@H]3OC(C)(C)O[C@@]3(CO)OC[C@H]2O1. The van der Waals surface area contributed by atoms with Crippen molar-refractivity contribution in [2.75, 3.05) is 13.2 Å². The third-order valence-electron chi connectivity index (χ3n) is 3.50. The maximum Gasteiger partial charge on any atom is 0.224 e. The highest BCUT2D eigenvalue weighted by atomic mass is 16.9. The van der Waals surface area contributed by atoms with Crippen LogP contribution in [0.2, 0.25) is 0 Å². The Bertz CT molecular complexity index is 354. The van der Waals surface area contributed by atoms with Crippen molar-refractivity contribution in [2.24, 2.45) is 0 Å². The standard InChI is InChI=1S/C12H20O6/c1-10(2)15-7-5-14-12(6-13)9(8(7)16-10)17-11(3,4)18-12/h7-9,13H,5-6H2,1-4H3/t7-,8-,9-,12-/m1/s1. The molecular weight excluding hydrogens is 240 g/mol. The van der Waals surface area contributed by atoms with Crippen LogP contribution in [-0.2, 0) is 23.7 Å². The van der Waals surface area contributed by atoms with Crippen molar-refractivity contribution in [3.63, 3.8) is 0 Å². The fourth-order valence-electron chi connectivity index (χ4n) is 2.96. The molecule has 3 saturated heterocycles. The first-order chi connectivity index (χ1) is 8.27. The number of ether oxygens (including phenoxy) is 5. The van der Waals surface area contributed by atoms with E-state index in [1.165, 1.54) is 0 Å². The summed E-state index contributed by atoms with van der Waals surface area (Å²) >= 11 is 0. The van der Waals surface area contributed by atoms with Gasteiger partial charge in [-0.15, -0.1) is 0 Å². The molecule has 0 spiro atoms. The van der Waals surface area contributed by atoms with Gasteiger partial charge in [-0.25, -0.2) is 0 Å². The quantitative estimate of drug-likeness (QED) is 0.735. The third kappa shape index (κ3) is 1.79. The summed E-state index contributed by atoms with van der Waals surface area (Å²) in [7, 11) is 0. The number of aliphatic hydroxyl groups is 1. The molecule has 3 rings (SSSR count). The summed E-state index contributed by atoms with van der Waals surface area (Å²) in [4.78, 5) is 0. The Morgan fingerprint density at radius 3 is 2.44 bits per heavy atom. The first kappa shape index (κ1) is 12.8. The second-order valence-corrected chi connectivity index (χ2v) is 5.96. The zero-order chi connectivity index (χ0) is 13.2. The van der Waals surface area contributed by atoms with Crippen LogP contribution in [0.1, 0.15) is 27.7 Å². The van der Waals surface area contributed by atoms with Gasteiger partial charge >= 0.3 is 0 Å². The molecule has 104 valence electrons. The van der Waals surface area contributed by atoms with Crippen LogP contribution in [0.15, 0.2) is 0 Å². The van der Waals surface area contributed by atoms with Gasteiger partial charge in [0.2, 0.25) is 5.79 Å². The average molecular weight is 260 g/mol. The topological polar surface area (TPSA) is 66.4 Å². The van der Waals surface area contributed by atoms with Gasteiger partial charge in [-0.2, -0.15) is 0 Å². The van der Waals surface area contributed by atoms with Crippen LogP contribution in [0.3, 0.4) is 0 Å². The summed E-state index contributed by atoms with van der Waals surface area (Å²) in [6, 6.07) is 0. The summed E-state index contributed by atoms with van der Waals surface area (Å²) in [5.74, 6) is -2.62. The molecule has 3 aliphatic rings. The van der Waals surface area contributed by atoms with E-state index in [0.29, 0.717) is 6.61 Å². The Hall–Kier alpha value is -0.240. The second kappa shape index (κ2) is 3.65. The first-order valence-electron chi connectivity index (χ1n) is 6.25. The van der Waals surface area contributed by atoms with Crippen molar-refractivity contribution in [3.05, 3.63) is 0 Å². The Labute approximate surface area is 106 Å². The van der Waals surface area contributed by atoms with Gasteiger partial charge in [0.05, 0.1) is 6.61 Å². The zero-order valence-corrected chi connectivity index (χ0v) is 11.1. The summed E-state index contributed by atoms with van der Waals surface area (Å²) in [5.41, 5.74) is 0. The van der Waals surface area contributed by atoms with Crippen LogP contribution >= 0.6 is 0 Å². The second-order valence-electron chi connectivity index (χ2n) is 5.96. The average Bonchev–Trinajstić information content (AvgIpc) is 2.70. The normalized spacial score (nSPS) is 48.8. The minimum absolute atomic E-state index is 0.192. The van der Waals surface area contributed by atoms with Crippen molar-refractivity contribution in [2.45, 2.75) is 63.4 Å². The van der Waals surface area contributed by atoms with Crippen LogP contribution in [0, 0.1) is 0 Å². The summed E-state index contributed by atoms with van der Waals surface area (Å²) in [5, 5.41) is 9.61. The number of fused-ring (bicyclic) bond motifs is 3. The fraction of sp³-hybridized carbons (Fsp3) is 1.00. The molecule has 18 heavy (non-hydrogen) atoms. The number of rotatable bonds is 1. The third-order valence-corrected chi connectivity index (χ3v) is 3.50. The molecule has 0 amide bonds. The van der Waals surface area contributed by atoms with Gasteiger partial charge in [0.15, 0.2) is 11.6 Å². The molecule has 1 N–H and O–H groups in total. The molecule has 0 aromatic heterocycles.